The lowest BCUT2D eigenvalue weighted by molar-refractivity contribution is 0.0624. The van der Waals surface area contributed by atoms with Gasteiger partial charge in [0.05, 0.1) is 16.0 Å². The zero-order valence-corrected chi connectivity index (χ0v) is 18.0. The Hall–Kier alpha value is -3.81. The van der Waals surface area contributed by atoms with Gasteiger partial charge in [0, 0.05) is 11.6 Å². The minimum absolute atomic E-state index is 0.0291. The highest BCUT2D eigenvalue weighted by Gasteiger charge is 2.11. The molecule has 33 heavy (non-hydrogen) atoms. The molecule has 0 amide bonds. The highest BCUT2D eigenvalue weighted by Crippen LogP contribution is 2.28. The van der Waals surface area contributed by atoms with Gasteiger partial charge in [-0.1, -0.05) is 23.7 Å². The number of rotatable bonds is 8. The Morgan fingerprint density at radius 3 is 2.36 bits per heavy atom. The van der Waals surface area contributed by atoms with E-state index in [1.807, 2.05) is 0 Å². The van der Waals surface area contributed by atoms with Crippen LogP contribution in [0.25, 0.3) is 22.3 Å². The van der Waals surface area contributed by atoms with E-state index in [2.05, 4.69) is 0 Å². The number of benzene rings is 3. The van der Waals surface area contributed by atoms with E-state index in [0.717, 1.165) is 0 Å². The fourth-order valence-corrected chi connectivity index (χ4v) is 3.37. The molecule has 1 unspecified atom stereocenters. The molecule has 1 atom stereocenters. The van der Waals surface area contributed by atoms with Crippen LogP contribution < -0.4 is 14.9 Å². The molecule has 0 fully saturated rings. The van der Waals surface area contributed by atoms with Gasteiger partial charge in [0.2, 0.25) is 0 Å². The fourth-order valence-electron chi connectivity index (χ4n) is 3.15. The molecule has 0 aliphatic heterocycles. The van der Waals surface area contributed by atoms with E-state index in [-0.39, 0.29) is 24.2 Å². The molecular formula is C25H19ClO7. The van der Waals surface area contributed by atoms with Crippen molar-refractivity contribution in [1.82, 2.24) is 0 Å². The van der Waals surface area contributed by atoms with Gasteiger partial charge in [-0.25, -0.2) is 4.79 Å². The summed E-state index contributed by atoms with van der Waals surface area (Å²) in [6, 6.07) is 19.3. The maximum atomic E-state index is 12.4. The Morgan fingerprint density at radius 1 is 0.939 bits per heavy atom. The van der Waals surface area contributed by atoms with E-state index in [0.29, 0.717) is 38.8 Å². The molecule has 7 nitrogen and oxygen atoms in total. The van der Waals surface area contributed by atoms with Crippen molar-refractivity contribution in [3.8, 4) is 22.8 Å². The highest BCUT2D eigenvalue weighted by atomic mass is 35.5. The van der Waals surface area contributed by atoms with Crippen molar-refractivity contribution < 1.29 is 28.9 Å². The molecule has 168 valence electrons. The summed E-state index contributed by atoms with van der Waals surface area (Å²) in [6.45, 7) is -0.0944. The number of halogens is 1. The molecule has 0 saturated heterocycles. The number of ether oxygens (including phenoxy) is 2. The van der Waals surface area contributed by atoms with Gasteiger partial charge in [-0.05, 0) is 54.6 Å². The van der Waals surface area contributed by atoms with E-state index in [9.17, 15) is 14.7 Å². The van der Waals surface area contributed by atoms with Crippen LogP contribution in [0, 0.1) is 0 Å². The first kappa shape index (κ1) is 22.4. The molecule has 0 aliphatic carbocycles. The summed E-state index contributed by atoms with van der Waals surface area (Å²) in [5.41, 5.74) is 0.913. The summed E-state index contributed by atoms with van der Waals surface area (Å²) in [5, 5.41) is 19.9. The monoisotopic (exact) mass is 466 g/mol. The number of aliphatic hydroxyl groups is 1. The summed E-state index contributed by atoms with van der Waals surface area (Å²) < 4.78 is 16.8. The number of carbonyl (C=O) groups is 1. The Bertz CT molecular complexity index is 1350. The van der Waals surface area contributed by atoms with Gasteiger partial charge in [0.25, 0.3) is 0 Å². The van der Waals surface area contributed by atoms with E-state index in [4.69, 9.17) is 30.6 Å². The third-order valence-electron chi connectivity index (χ3n) is 4.81. The van der Waals surface area contributed by atoms with E-state index in [1.165, 1.54) is 18.2 Å². The van der Waals surface area contributed by atoms with Gasteiger partial charge in [0.1, 0.15) is 36.6 Å². The van der Waals surface area contributed by atoms with E-state index >= 15 is 0 Å². The quantitative estimate of drug-likeness (QED) is 0.390. The van der Waals surface area contributed by atoms with Crippen LogP contribution in [0.1, 0.15) is 10.4 Å². The summed E-state index contributed by atoms with van der Waals surface area (Å²) in [5.74, 6) is 0.171. The van der Waals surface area contributed by atoms with Gasteiger partial charge in [-0.3, -0.25) is 4.79 Å². The second-order valence-corrected chi connectivity index (χ2v) is 7.63. The van der Waals surface area contributed by atoms with Crippen LogP contribution in [-0.2, 0) is 0 Å². The second-order valence-electron chi connectivity index (χ2n) is 7.22. The molecule has 1 heterocycles. The van der Waals surface area contributed by atoms with Crippen LogP contribution in [0.15, 0.2) is 82.0 Å². The number of aromatic carboxylic acids is 1. The van der Waals surface area contributed by atoms with Crippen molar-refractivity contribution in [2.24, 2.45) is 0 Å². The summed E-state index contributed by atoms with van der Waals surface area (Å²) in [4.78, 5) is 23.4. The van der Waals surface area contributed by atoms with E-state index in [1.54, 1.807) is 54.6 Å². The minimum Gasteiger partial charge on any atom is -0.491 e. The number of carboxylic acid groups (broad SMARTS) is 1. The Kier molecular flexibility index (Phi) is 6.63. The number of hydrogen-bond donors (Lipinski definition) is 2. The predicted octanol–water partition coefficient (Wildman–Crippen LogP) is 4.63. The topological polar surface area (TPSA) is 106 Å². The first-order valence-corrected chi connectivity index (χ1v) is 10.4. The molecule has 0 radical (unpaired) electrons. The van der Waals surface area contributed by atoms with Gasteiger partial charge in [-0.15, -0.1) is 0 Å². The number of aliphatic hydroxyl groups excluding tert-OH is 1. The Labute approximate surface area is 193 Å². The van der Waals surface area contributed by atoms with Gasteiger partial charge in [0.15, 0.2) is 11.0 Å². The first-order valence-electron chi connectivity index (χ1n) is 10.0. The molecule has 4 aromatic rings. The normalized spacial score (nSPS) is 11.8. The molecule has 1 aromatic heterocycles. The van der Waals surface area contributed by atoms with E-state index < -0.39 is 12.1 Å². The number of carboxylic acids is 1. The summed E-state index contributed by atoms with van der Waals surface area (Å²) >= 11 is 6.16. The second kappa shape index (κ2) is 9.77. The number of fused-ring (bicyclic) bond motifs is 1. The molecule has 8 heteroatoms. The molecule has 0 bridgehead atoms. The Balaban J connectivity index is 1.37. The van der Waals surface area contributed by atoms with Crippen LogP contribution in [0.3, 0.4) is 0 Å². The van der Waals surface area contributed by atoms with Crippen LogP contribution in [0.5, 0.6) is 11.5 Å². The van der Waals surface area contributed by atoms with Crippen LogP contribution in [0.2, 0.25) is 5.02 Å². The standard InChI is InChI=1S/C25H19ClO7/c26-21-6-2-5-20-22(28)12-23(33-24(20)21)15-7-9-18(10-8-15)31-13-17(27)14-32-19-4-1-3-16(11-19)25(29)30/h1-12,17,27H,13-14H2,(H,29,30). The first-order chi connectivity index (χ1) is 15.9. The van der Waals surface area contributed by atoms with Crippen molar-refractivity contribution in [3.05, 3.63) is 93.6 Å². The molecular weight excluding hydrogens is 448 g/mol. The minimum atomic E-state index is -1.06. The van der Waals surface area contributed by atoms with Crippen LogP contribution >= 0.6 is 11.6 Å². The average molecular weight is 467 g/mol. The van der Waals surface area contributed by atoms with Crippen LogP contribution in [0.4, 0.5) is 0 Å². The van der Waals surface area contributed by atoms with Crippen LogP contribution in [-0.4, -0.2) is 35.5 Å². The van der Waals surface area contributed by atoms with Gasteiger partial charge in [-0.2, -0.15) is 0 Å². The smallest absolute Gasteiger partial charge is 0.335 e. The third kappa shape index (κ3) is 5.34. The van der Waals surface area contributed by atoms with Gasteiger partial charge >= 0.3 is 5.97 Å². The summed E-state index contributed by atoms with van der Waals surface area (Å²) in [7, 11) is 0. The largest absolute Gasteiger partial charge is 0.491 e. The van der Waals surface area contributed by atoms with Crippen molar-refractivity contribution >= 4 is 28.5 Å². The number of hydrogen-bond acceptors (Lipinski definition) is 6. The van der Waals surface area contributed by atoms with Crippen molar-refractivity contribution in [3.63, 3.8) is 0 Å². The zero-order valence-electron chi connectivity index (χ0n) is 17.2. The lowest BCUT2D eigenvalue weighted by atomic mass is 10.1. The summed E-state index contributed by atoms with van der Waals surface area (Å²) in [6.07, 6.45) is -0.932. The maximum absolute atomic E-state index is 12.4. The molecule has 0 saturated carbocycles. The predicted molar refractivity (Wildman–Crippen MR) is 123 cm³/mol. The highest BCUT2D eigenvalue weighted by molar-refractivity contribution is 6.34. The molecule has 2 N–H and O–H groups in total. The Morgan fingerprint density at radius 2 is 1.64 bits per heavy atom. The molecule has 0 spiro atoms. The SMILES string of the molecule is O=C(O)c1cccc(OCC(O)COc2ccc(-c3cc(=O)c4cccc(Cl)c4o3)cc2)c1. The van der Waals surface area contributed by atoms with Crippen molar-refractivity contribution in [2.75, 3.05) is 13.2 Å². The molecule has 0 aliphatic rings. The molecule has 3 aromatic carbocycles. The zero-order chi connectivity index (χ0) is 23.4. The maximum Gasteiger partial charge on any atom is 0.335 e. The van der Waals surface area contributed by atoms with Gasteiger partial charge < -0.3 is 24.1 Å². The average Bonchev–Trinajstić information content (AvgIpc) is 2.82. The molecule has 4 rings (SSSR count). The van der Waals surface area contributed by atoms with Crippen molar-refractivity contribution in [1.29, 1.82) is 0 Å². The fraction of sp³-hybridized carbons (Fsp3) is 0.120. The van der Waals surface area contributed by atoms with Crippen molar-refractivity contribution in [2.45, 2.75) is 6.10 Å². The lowest BCUT2D eigenvalue weighted by Gasteiger charge is -2.14. The third-order valence-corrected chi connectivity index (χ3v) is 5.11. The lowest BCUT2D eigenvalue weighted by Crippen LogP contribution is -2.25. The number of para-hydroxylation sites is 1.